The Bertz CT molecular complexity index is 1100. The van der Waals surface area contributed by atoms with Crippen LogP contribution in [0.15, 0.2) is 36.7 Å². The zero-order valence-electron chi connectivity index (χ0n) is 16.9. The van der Waals surface area contributed by atoms with E-state index in [9.17, 15) is 9.59 Å². The van der Waals surface area contributed by atoms with E-state index in [4.69, 9.17) is 4.74 Å². The Hall–Kier alpha value is -2.71. The van der Waals surface area contributed by atoms with Crippen molar-refractivity contribution in [1.29, 1.82) is 0 Å². The number of morpholine rings is 1. The summed E-state index contributed by atoms with van der Waals surface area (Å²) in [6.45, 7) is 3.70. The van der Waals surface area contributed by atoms with E-state index >= 15 is 0 Å². The smallest absolute Gasteiger partial charge is 0.289 e. The number of fused-ring (bicyclic) bond motifs is 1. The molecule has 2 aliphatic heterocycles. The number of imidazole rings is 1. The van der Waals surface area contributed by atoms with Crippen LogP contribution >= 0.6 is 11.3 Å². The molecule has 0 N–H and O–H groups in total. The molecular formula is C22H24N4O3S. The third-order valence-corrected chi connectivity index (χ3v) is 7.20. The van der Waals surface area contributed by atoms with Gasteiger partial charge in [-0.15, -0.1) is 11.3 Å². The number of hydrogen-bond donors (Lipinski definition) is 0. The summed E-state index contributed by atoms with van der Waals surface area (Å²) < 4.78 is 8.29. The van der Waals surface area contributed by atoms with E-state index in [1.807, 2.05) is 29.0 Å². The molecule has 156 valence electrons. The minimum Gasteiger partial charge on any atom is -0.378 e. The van der Waals surface area contributed by atoms with Crippen LogP contribution in [-0.4, -0.2) is 70.6 Å². The highest BCUT2D eigenvalue weighted by atomic mass is 32.1. The van der Waals surface area contributed by atoms with E-state index in [0.717, 1.165) is 26.9 Å². The molecule has 0 bridgehead atoms. The Morgan fingerprint density at radius 1 is 1.10 bits per heavy atom. The predicted molar refractivity (Wildman–Crippen MR) is 115 cm³/mol. The lowest BCUT2D eigenvalue weighted by Gasteiger charge is -2.27. The second kappa shape index (κ2) is 7.85. The van der Waals surface area contributed by atoms with Crippen molar-refractivity contribution in [3.05, 3.63) is 52.9 Å². The number of carbonyl (C=O) groups is 2. The highest BCUT2D eigenvalue weighted by molar-refractivity contribution is 7.21. The maximum atomic E-state index is 13.4. The molecule has 2 amide bonds. The van der Waals surface area contributed by atoms with Gasteiger partial charge in [0.1, 0.15) is 0 Å². The minimum atomic E-state index is -0.0504. The van der Waals surface area contributed by atoms with Gasteiger partial charge in [-0.25, -0.2) is 4.98 Å². The van der Waals surface area contributed by atoms with E-state index < -0.39 is 0 Å². The van der Waals surface area contributed by atoms with Gasteiger partial charge in [-0.05, 0) is 23.4 Å². The molecule has 8 heteroatoms. The third-order valence-electron chi connectivity index (χ3n) is 6.02. The number of aromatic nitrogens is 2. The Kier molecular flexibility index (Phi) is 5.04. The fourth-order valence-corrected chi connectivity index (χ4v) is 5.69. The van der Waals surface area contributed by atoms with Crippen molar-refractivity contribution in [2.24, 2.45) is 7.05 Å². The largest absolute Gasteiger partial charge is 0.378 e. The average molecular weight is 425 g/mol. The van der Waals surface area contributed by atoms with Crippen LogP contribution in [0.3, 0.4) is 0 Å². The Morgan fingerprint density at radius 2 is 1.90 bits per heavy atom. The van der Waals surface area contributed by atoms with Gasteiger partial charge in [0.2, 0.25) is 0 Å². The number of rotatable bonds is 3. The summed E-state index contributed by atoms with van der Waals surface area (Å²) in [4.78, 5) is 35.1. The SMILES string of the molecule is Cn1ccnc1C(=O)N1CC[C@H](c2c(C(=O)N3CCOCC3)sc3ccccc23)C1. The first-order valence-corrected chi connectivity index (χ1v) is 11.1. The van der Waals surface area contributed by atoms with E-state index in [1.165, 1.54) is 0 Å². The first kappa shape index (κ1) is 19.3. The van der Waals surface area contributed by atoms with E-state index in [2.05, 4.69) is 17.1 Å². The number of benzene rings is 1. The monoisotopic (exact) mass is 424 g/mol. The van der Waals surface area contributed by atoms with E-state index in [-0.39, 0.29) is 17.7 Å². The predicted octanol–water partition coefficient (Wildman–Crippen LogP) is 2.74. The van der Waals surface area contributed by atoms with Gasteiger partial charge in [0.25, 0.3) is 11.8 Å². The highest BCUT2D eigenvalue weighted by Crippen LogP contribution is 2.41. The van der Waals surface area contributed by atoms with Crippen LogP contribution in [0.4, 0.5) is 0 Å². The van der Waals surface area contributed by atoms with Gasteiger partial charge in [-0.1, -0.05) is 18.2 Å². The molecule has 7 nitrogen and oxygen atoms in total. The molecule has 5 rings (SSSR count). The average Bonchev–Trinajstić information content (AvgIpc) is 3.51. The van der Waals surface area contributed by atoms with Crippen LogP contribution in [0, 0.1) is 0 Å². The number of nitrogens with zero attached hydrogens (tertiary/aromatic N) is 4. The van der Waals surface area contributed by atoms with Crippen LogP contribution in [0.1, 0.15) is 38.2 Å². The van der Waals surface area contributed by atoms with Gasteiger partial charge in [0.05, 0.1) is 18.1 Å². The van der Waals surface area contributed by atoms with Crippen molar-refractivity contribution >= 4 is 33.2 Å². The number of aryl methyl sites for hydroxylation is 1. The van der Waals surface area contributed by atoms with Gasteiger partial charge < -0.3 is 19.1 Å². The van der Waals surface area contributed by atoms with E-state index in [0.29, 0.717) is 45.2 Å². The molecule has 2 aromatic heterocycles. The summed E-state index contributed by atoms with van der Waals surface area (Å²) in [6, 6.07) is 8.20. The normalized spacial score (nSPS) is 19.6. The summed E-state index contributed by atoms with van der Waals surface area (Å²) >= 11 is 1.57. The van der Waals surface area contributed by atoms with E-state index in [1.54, 1.807) is 28.3 Å². The Morgan fingerprint density at radius 3 is 2.67 bits per heavy atom. The van der Waals surface area contributed by atoms with Gasteiger partial charge in [-0.2, -0.15) is 0 Å². The van der Waals surface area contributed by atoms with Crippen molar-refractivity contribution in [3.8, 4) is 0 Å². The van der Waals surface area contributed by atoms with Crippen molar-refractivity contribution in [3.63, 3.8) is 0 Å². The highest BCUT2D eigenvalue weighted by Gasteiger charge is 2.35. The third kappa shape index (κ3) is 3.30. The van der Waals surface area contributed by atoms with Gasteiger partial charge in [0.15, 0.2) is 5.82 Å². The molecule has 2 fully saturated rings. The molecule has 2 saturated heterocycles. The van der Waals surface area contributed by atoms with Crippen LogP contribution in [0.2, 0.25) is 0 Å². The minimum absolute atomic E-state index is 0.0504. The van der Waals surface area contributed by atoms with Crippen LogP contribution in [-0.2, 0) is 11.8 Å². The zero-order chi connectivity index (χ0) is 20.7. The number of hydrogen-bond acceptors (Lipinski definition) is 5. The molecule has 0 saturated carbocycles. The van der Waals surface area contributed by atoms with Crippen LogP contribution < -0.4 is 0 Å². The summed E-state index contributed by atoms with van der Waals surface area (Å²) in [6.07, 6.45) is 4.28. The van der Waals surface area contributed by atoms with Gasteiger partial charge in [-0.3, -0.25) is 9.59 Å². The Labute approximate surface area is 178 Å². The van der Waals surface area contributed by atoms with Crippen LogP contribution in [0.25, 0.3) is 10.1 Å². The van der Waals surface area contributed by atoms with Crippen molar-refractivity contribution in [1.82, 2.24) is 19.4 Å². The topological polar surface area (TPSA) is 67.7 Å². The maximum Gasteiger partial charge on any atom is 0.289 e. The second-order valence-electron chi connectivity index (χ2n) is 7.84. The number of likely N-dealkylation sites (tertiary alicyclic amines) is 1. The second-order valence-corrected chi connectivity index (χ2v) is 8.90. The van der Waals surface area contributed by atoms with Gasteiger partial charge >= 0.3 is 0 Å². The maximum absolute atomic E-state index is 13.4. The molecule has 3 aromatic rings. The molecule has 0 aliphatic carbocycles. The molecule has 1 atom stereocenters. The van der Waals surface area contributed by atoms with Crippen LogP contribution in [0.5, 0.6) is 0 Å². The Balaban J connectivity index is 1.47. The molecule has 0 radical (unpaired) electrons. The quantitative estimate of drug-likeness (QED) is 0.648. The molecule has 30 heavy (non-hydrogen) atoms. The zero-order valence-corrected chi connectivity index (χ0v) is 17.7. The number of amides is 2. The molecular weight excluding hydrogens is 400 g/mol. The fraction of sp³-hybridized carbons (Fsp3) is 0.409. The summed E-state index contributed by atoms with van der Waals surface area (Å²) in [5.41, 5.74) is 1.10. The lowest BCUT2D eigenvalue weighted by Crippen LogP contribution is -2.40. The summed E-state index contributed by atoms with van der Waals surface area (Å²) in [7, 11) is 1.83. The fourth-order valence-electron chi connectivity index (χ4n) is 4.43. The molecule has 4 heterocycles. The summed E-state index contributed by atoms with van der Waals surface area (Å²) in [5, 5.41) is 1.13. The molecule has 0 unspecified atom stereocenters. The van der Waals surface area contributed by atoms with Crippen molar-refractivity contribution < 1.29 is 14.3 Å². The first-order valence-electron chi connectivity index (χ1n) is 10.3. The van der Waals surface area contributed by atoms with Crippen molar-refractivity contribution in [2.75, 3.05) is 39.4 Å². The molecule has 1 aromatic carbocycles. The standard InChI is InChI=1S/C22H24N4O3S/c1-24-9-7-23-20(24)22(28)26-8-6-15(14-26)18-16-4-2-3-5-17(16)30-19(18)21(27)25-10-12-29-13-11-25/h2-5,7,9,15H,6,8,10-14H2,1H3/t15-/m0/s1. The number of thiophene rings is 1. The van der Waals surface area contributed by atoms with Crippen molar-refractivity contribution in [2.45, 2.75) is 12.3 Å². The first-order chi connectivity index (χ1) is 14.6. The van der Waals surface area contributed by atoms with Gasteiger partial charge in [0, 0.05) is 56.2 Å². The molecule has 2 aliphatic rings. The number of ether oxygens (including phenoxy) is 1. The number of carbonyl (C=O) groups excluding carboxylic acids is 2. The molecule has 0 spiro atoms. The lowest BCUT2D eigenvalue weighted by atomic mass is 9.94. The summed E-state index contributed by atoms with van der Waals surface area (Å²) in [5.74, 6) is 0.634. The lowest BCUT2D eigenvalue weighted by molar-refractivity contribution is 0.0305.